The van der Waals surface area contributed by atoms with E-state index in [0.29, 0.717) is 6.42 Å². The fourth-order valence-electron chi connectivity index (χ4n) is 2.44. The van der Waals surface area contributed by atoms with Gasteiger partial charge in [-0.05, 0) is 32.1 Å². The van der Waals surface area contributed by atoms with Crippen LogP contribution in [0, 0.1) is 0 Å². The summed E-state index contributed by atoms with van der Waals surface area (Å²) >= 11 is 0. The van der Waals surface area contributed by atoms with Crippen LogP contribution in [-0.2, 0) is 19.9 Å². The average molecular weight is 417 g/mol. The van der Waals surface area contributed by atoms with Crippen molar-refractivity contribution in [2.24, 2.45) is 0 Å². The summed E-state index contributed by atoms with van der Waals surface area (Å²) in [6.45, 7) is 2.27. The zero-order valence-electron chi connectivity index (χ0n) is 17.5. The predicted octanol–water partition coefficient (Wildman–Crippen LogP) is 2.21. The second kappa shape index (κ2) is 24.1. The first kappa shape index (κ1) is 31.8. The van der Waals surface area contributed by atoms with Gasteiger partial charge in [-0.25, -0.2) is 8.42 Å². The van der Waals surface area contributed by atoms with E-state index in [2.05, 4.69) is 23.8 Å². The van der Waals surface area contributed by atoms with Gasteiger partial charge in [0.15, 0.2) is 0 Å². The van der Waals surface area contributed by atoms with E-state index in [-0.39, 0.29) is 35.5 Å². The maximum absolute atomic E-state index is 10.9. The Balaban J connectivity index is -0.000000844. The summed E-state index contributed by atoms with van der Waals surface area (Å²) in [5, 5.41) is 0. The van der Waals surface area contributed by atoms with E-state index in [1.165, 1.54) is 77.7 Å². The molecule has 0 atom stereocenters. The van der Waals surface area contributed by atoms with Crippen molar-refractivity contribution < 1.29 is 56.6 Å². The molecule has 27 heavy (non-hydrogen) atoms. The second-order valence-electron chi connectivity index (χ2n) is 6.34. The molecule has 8 heteroatoms. The molecule has 0 amide bonds. The van der Waals surface area contributed by atoms with Crippen LogP contribution < -0.4 is 29.6 Å². The summed E-state index contributed by atoms with van der Waals surface area (Å²) in [6, 6.07) is 0. The minimum atomic E-state index is -4.92. The second-order valence-corrected chi connectivity index (χ2v) is 7.19. The minimum absolute atomic E-state index is 0. The number of unbranched alkanes of at least 4 members (excludes halogenated alkanes) is 11. The first-order valence-corrected chi connectivity index (χ1v) is 11.1. The molecule has 1 N–H and O–H groups in total. The van der Waals surface area contributed by atoms with Crippen LogP contribution in [0.15, 0.2) is 12.2 Å². The first-order valence-electron chi connectivity index (χ1n) is 9.71. The fraction of sp³-hybridized carbons (Fsp3) is 0.842. The van der Waals surface area contributed by atoms with Crippen LogP contribution >= 0.6 is 0 Å². The Morgan fingerprint density at radius 1 is 0.889 bits per heavy atom. The van der Waals surface area contributed by atoms with Gasteiger partial charge in [-0.3, -0.25) is 9.35 Å². The quantitative estimate of drug-likeness (QED) is 0.110. The number of hydrogen-bond donors (Lipinski definition) is 1. The van der Waals surface area contributed by atoms with Crippen LogP contribution in [0.4, 0.5) is 0 Å². The van der Waals surface area contributed by atoms with E-state index in [4.69, 9.17) is 17.5 Å². The van der Waals surface area contributed by atoms with Crippen LogP contribution in [-0.4, -0.2) is 30.6 Å². The van der Waals surface area contributed by atoms with E-state index in [1.807, 2.05) is 0 Å². The van der Waals surface area contributed by atoms with Gasteiger partial charge in [0, 0.05) is 6.42 Å². The van der Waals surface area contributed by atoms with Crippen molar-refractivity contribution in [1.82, 2.24) is 0 Å². The van der Waals surface area contributed by atoms with Gasteiger partial charge in [0.1, 0.15) is 0 Å². The minimum Gasteiger partial charge on any atom is -0.726 e. The Morgan fingerprint density at radius 3 is 1.67 bits per heavy atom. The average Bonchev–Trinajstić information content (AvgIpc) is 2.56. The SMILES string of the molecule is CCCCCCCC/C=C\CCCCCCCC(=O)OC.O=S(=O)([O-])O.[Na+]. The molecule has 0 aliphatic rings. The van der Waals surface area contributed by atoms with E-state index in [9.17, 15) is 4.79 Å². The summed E-state index contributed by atoms with van der Waals surface area (Å²) in [7, 11) is -3.46. The molecule has 0 bridgehead atoms. The number of methoxy groups -OCH3 is 1. The number of ether oxygens (including phenoxy) is 1. The third-order valence-electron chi connectivity index (χ3n) is 3.87. The summed E-state index contributed by atoms with van der Waals surface area (Å²) in [5.41, 5.74) is 0. The van der Waals surface area contributed by atoms with E-state index in [1.54, 1.807) is 0 Å². The zero-order chi connectivity index (χ0) is 20.1. The van der Waals surface area contributed by atoms with Gasteiger partial charge in [-0.15, -0.1) is 0 Å². The maximum atomic E-state index is 10.9. The molecule has 0 rings (SSSR count). The van der Waals surface area contributed by atoms with Gasteiger partial charge in [-0.1, -0.05) is 70.4 Å². The summed E-state index contributed by atoms with van der Waals surface area (Å²) < 4.78 is 37.5. The fourth-order valence-corrected chi connectivity index (χ4v) is 2.44. The Kier molecular flexibility index (Phi) is 28.4. The Labute approximate surface area is 188 Å². The van der Waals surface area contributed by atoms with Gasteiger partial charge >= 0.3 is 35.5 Å². The Morgan fingerprint density at radius 2 is 1.26 bits per heavy atom. The number of esters is 1. The van der Waals surface area contributed by atoms with Gasteiger partial charge in [0.25, 0.3) is 0 Å². The smallest absolute Gasteiger partial charge is 0.726 e. The molecular weight excluding hydrogens is 379 g/mol. The van der Waals surface area contributed by atoms with Crippen molar-refractivity contribution >= 4 is 16.4 Å². The van der Waals surface area contributed by atoms with Crippen molar-refractivity contribution in [2.75, 3.05) is 7.11 Å². The van der Waals surface area contributed by atoms with E-state index >= 15 is 0 Å². The normalized spacial score (nSPS) is 10.8. The molecule has 0 saturated carbocycles. The third kappa shape index (κ3) is 41.5. The molecule has 0 unspecified atom stereocenters. The Bertz CT molecular complexity index is 429. The van der Waals surface area contributed by atoms with Gasteiger partial charge in [0.05, 0.1) is 7.11 Å². The maximum Gasteiger partial charge on any atom is 1.00 e. The van der Waals surface area contributed by atoms with Crippen LogP contribution in [0.25, 0.3) is 0 Å². The third-order valence-corrected chi connectivity index (χ3v) is 3.87. The van der Waals surface area contributed by atoms with Crippen molar-refractivity contribution in [3.63, 3.8) is 0 Å². The summed E-state index contributed by atoms with van der Waals surface area (Å²) in [4.78, 5) is 10.9. The number of hydrogen-bond acceptors (Lipinski definition) is 5. The van der Waals surface area contributed by atoms with Gasteiger partial charge in [-0.2, -0.15) is 0 Å². The molecule has 0 aromatic carbocycles. The van der Waals surface area contributed by atoms with Crippen molar-refractivity contribution in [3.05, 3.63) is 12.2 Å². The molecule has 0 heterocycles. The number of allylic oxidation sites excluding steroid dienone is 2. The number of rotatable bonds is 15. The molecule has 0 aromatic heterocycles. The molecule has 6 nitrogen and oxygen atoms in total. The number of carbonyl (C=O) groups excluding carboxylic acids is 1. The summed E-state index contributed by atoms with van der Waals surface area (Å²) in [6.07, 6.45) is 22.0. The monoisotopic (exact) mass is 416 g/mol. The molecule has 0 saturated heterocycles. The topological polar surface area (TPSA) is 104 Å². The largest absolute Gasteiger partial charge is 1.00 e. The van der Waals surface area contributed by atoms with E-state index < -0.39 is 10.4 Å². The van der Waals surface area contributed by atoms with Crippen molar-refractivity contribution in [2.45, 2.75) is 96.8 Å². The van der Waals surface area contributed by atoms with Crippen LogP contribution in [0.3, 0.4) is 0 Å². The molecule has 0 radical (unpaired) electrons. The molecule has 0 aromatic rings. The molecular formula is C19H37NaO6S. The molecule has 156 valence electrons. The molecule has 0 fully saturated rings. The van der Waals surface area contributed by atoms with Crippen molar-refractivity contribution in [1.29, 1.82) is 0 Å². The zero-order valence-corrected chi connectivity index (χ0v) is 20.3. The first-order chi connectivity index (χ1) is 12.3. The van der Waals surface area contributed by atoms with Crippen LogP contribution in [0.5, 0.6) is 0 Å². The van der Waals surface area contributed by atoms with Crippen molar-refractivity contribution in [3.8, 4) is 0 Å². The molecule has 0 spiro atoms. The predicted molar refractivity (Wildman–Crippen MR) is 104 cm³/mol. The van der Waals surface area contributed by atoms with Crippen LogP contribution in [0.2, 0.25) is 0 Å². The standard InChI is InChI=1S/C19H36O2.Na.H2O4S/c1-3-4-5-6-7-8-9-10-11-12-13-14-15-16-17-18-19(20)21-2;;1-5(2,3)4/h10-11H,3-9,12-18H2,1-2H3;;(H2,1,2,3,4)/q;+1;/p-1/b11-10-;;. The number of carbonyl (C=O) groups is 1. The Hall–Kier alpha value is 0.0800. The summed E-state index contributed by atoms with van der Waals surface area (Å²) in [5.74, 6) is -0.0763. The molecule has 0 aliphatic heterocycles. The van der Waals surface area contributed by atoms with Crippen LogP contribution in [0.1, 0.15) is 96.8 Å². The van der Waals surface area contributed by atoms with Gasteiger partial charge in [0.2, 0.25) is 10.4 Å². The van der Waals surface area contributed by atoms with Gasteiger partial charge < -0.3 is 9.29 Å². The molecule has 0 aliphatic carbocycles. The van der Waals surface area contributed by atoms with E-state index in [0.717, 1.165) is 12.8 Å².